The summed E-state index contributed by atoms with van der Waals surface area (Å²) in [6.45, 7) is 4.19. The van der Waals surface area contributed by atoms with Gasteiger partial charge < -0.3 is 9.80 Å². The molecule has 0 aliphatic carbocycles. The summed E-state index contributed by atoms with van der Waals surface area (Å²) in [6.07, 6.45) is 6.34. The predicted molar refractivity (Wildman–Crippen MR) is 121 cm³/mol. The van der Waals surface area contributed by atoms with Gasteiger partial charge in [-0.25, -0.2) is 9.97 Å². The molecule has 1 atom stereocenters. The monoisotopic (exact) mass is 427 g/mol. The number of hydrogen-bond donors (Lipinski definition) is 0. The zero-order chi connectivity index (χ0) is 21.1. The lowest BCUT2D eigenvalue weighted by molar-refractivity contribution is -0.133. The van der Waals surface area contributed by atoms with Gasteiger partial charge in [0.05, 0.1) is 12.2 Å². The number of amides is 1. The summed E-state index contributed by atoms with van der Waals surface area (Å²) in [5, 5.41) is 0.711. The molecule has 1 unspecified atom stereocenters. The number of nitrogens with zero attached hydrogens (tertiary/aromatic N) is 5. The summed E-state index contributed by atoms with van der Waals surface area (Å²) in [5.41, 5.74) is 3.10. The molecule has 0 bridgehead atoms. The van der Waals surface area contributed by atoms with Crippen LogP contribution in [0.25, 0.3) is 11.1 Å². The van der Waals surface area contributed by atoms with Crippen molar-refractivity contribution in [1.82, 2.24) is 19.8 Å². The number of likely N-dealkylation sites (tertiary alicyclic amines) is 2. The minimum Gasteiger partial charge on any atom is -0.347 e. The molecule has 1 amide bonds. The lowest BCUT2D eigenvalue weighted by atomic mass is 9.90. The average Bonchev–Trinajstić information content (AvgIpc) is 3.27. The van der Waals surface area contributed by atoms with Crippen LogP contribution in [0.4, 0.5) is 5.95 Å². The zero-order valence-corrected chi connectivity index (χ0v) is 18.6. The van der Waals surface area contributed by atoms with E-state index in [0.717, 1.165) is 55.8 Å². The molecule has 30 heavy (non-hydrogen) atoms. The lowest BCUT2D eigenvalue weighted by Gasteiger charge is -2.34. The van der Waals surface area contributed by atoms with Gasteiger partial charge in [-0.15, -0.1) is 0 Å². The summed E-state index contributed by atoms with van der Waals surface area (Å²) < 4.78 is 0. The average molecular weight is 428 g/mol. The van der Waals surface area contributed by atoms with Crippen molar-refractivity contribution < 1.29 is 4.79 Å². The molecule has 160 valence electrons. The molecule has 1 aromatic heterocycles. The fourth-order valence-corrected chi connectivity index (χ4v) is 4.55. The number of anilines is 1. The number of carbonyl (C=O) groups is 1. The lowest BCUT2D eigenvalue weighted by Crippen LogP contribution is -2.44. The SMILES string of the molecule is CN(C)c1ncc(-c2ccc(Cl)cc2)c(C2CCCN(C(=O)CN3CCCC3)C2)n1. The van der Waals surface area contributed by atoms with E-state index in [4.69, 9.17) is 16.6 Å². The van der Waals surface area contributed by atoms with Gasteiger partial charge in [-0.3, -0.25) is 9.69 Å². The van der Waals surface area contributed by atoms with Crippen LogP contribution in [0.2, 0.25) is 5.02 Å². The summed E-state index contributed by atoms with van der Waals surface area (Å²) in [6, 6.07) is 7.82. The van der Waals surface area contributed by atoms with E-state index in [2.05, 4.69) is 9.88 Å². The number of carbonyl (C=O) groups excluding carboxylic acids is 1. The molecular weight excluding hydrogens is 398 g/mol. The zero-order valence-electron chi connectivity index (χ0n) is 17.9. The Morgan fingerprint density at radius 2 is 1.87 bits per heavy atom. The van der Waals surface area contributed by atoms with Crippen LogP contribution in [0.15, 0.2) is 30.5 Å². The Kier molecular flexibility index (Phi) is 6.54. The molecule has 0 saturated carbocycles. The summed E-state index contributed by atoms with van der Waals surface area (Å²) in [7, 11) is 3.90. The van der Waals surface area contributed by atoms with Crippen molar-refractivity contribution in [1.29, 1.82) is 0 Å². The van der Waals surface area contributed by atoms with Gasteiger partial charge in [0, 0.05) is 49.9 Å². The Hall–Kier alpha value is -2.18. The Morgan fingerprint density at radius 3 is 2.57 bits per heavy atom. The number of rotatable bonds is 5. The van der Waals surface area contributed by atoms with Crippen molar-refractivity contribution in [3.63, 3.8) is 0 Å². The normalized spacial score (nSPS) is 19.8. The van der Waals surface area contributed by atoms with Gasteiger partial charge in [0.2, 0.25) is 11.9 Å². The Morgan fingerprint density at radius 1 is 1.13 bits per heavy atom. The first kappa shape index (κ1) is 21.1. The van der Waals surface area contributed by atoms with Gasteiger partial charge >= 0.3 is 0 Å². The Bertz CT molecular complexity index is 880. The van der Waals surface area contributed by atoms with Gasteiger partial charge in [-0.1, -0.05) is 23.7 Å². The van der Waals surface area contributed by atoms with Crippen LogP contribution in [-0.2, 0) is 4.79 Å². The number of benzene rings is 1. The highest BCUT2D eigenvalue weighted by Gasteiger charge is 2.29. The van der Waals surface area contributed by atoms with Crippen LogP contribution in [0, 0.1) is 0 Å². The number of hydrogen-bond acceptors (Lipinski definition) is 5. The maximum atomic E-state index is 12.9. The van der Waals surface area contributed by atoms with E-state index in [-0.39, 0.29) is 11.8 Å². The van der Waals surface area contributed by atoms with E-state index in [1.54, 1.807) is 0 Å². The number of halogens is 1. The third kappa shape index (κ3) is 4.76. The second-order valence-electron chi connectivity index (χ2n) is 8.53. The second kappa shape index (κ2) is 9.31. The van der Waals surface area contributed by atoms with Gasteiger partial charge in [-0.05, 0) is 56.5 Å². The van der Waals surface area contributed by atoms with Crippen LogP contribution in [0.3, 0.4) is 0 Å². The number of piperidine rings is 1. The fourth-order valence-electron chi connectivity index (χ4n) is 4.42. The highest BCUT2D eigenvalue weighted by molar-refractivity contribution is 6.30. The fraction of sp³-hybridized carbons (Fsp3) is 0.522. The van der Waals surface area contributed by atoms with Crippen LogP contribution in [-0.4, -0.2) is 72.5 Å². The number of aromatic nitrogens is 2. The third-order valence-electron chi connectivity index (χ3n) is 6.08. The van der Waals surface area contributed by atoms with Crippen LogP contribution >= 0.6 is 11.6 Å². The molecule has 2 saturated heterocycles. The van der Waals surface area contributed by atoms with Crippen molar-refractivity contribution in [3.8, 4) is 11.1 Å². The Balaban J connectivity index is 1.59. The molecule has 0 spiro atoms. The molecule has 0 N–H and O–H groups in total. The molecule has 2 aliphatic heterocycles. The second-order valence-corrected chi connectivity index (χ2v) is 8.97. The van der Waals surface area contributed by atoms with E-state index in [1.165, 1.54) is 12.8 Å². The van der Waals surface area contributed by atoms with Gasteiger partial charge in [0.25, 0.3) is 0 Å². The molecule has 0 radical (unpaired) electrons. The minimum absolute atomic E-state index is 0.202. The first-order chi connectivity index (χ1) is 14.5. The topological polar surface area (TPSA) is 52.6 Å². The molecule has 2 aliphatic rings. The predicted octanol–water partition coefficient (Wildman–Crippen LogP) is 3.66. The van der Waals surface area contributed by atoms with Crippen molar-refractivity contribution in [2.24, 2.45) is 0 Å². The smallest absolute Gasteiger partial charge is 0.236 e. The van der Waals surface area contributed by atoms with Crippen molar-refractivity contribution in [2.75, 3.05) is 51.7 Å². The molecule has 2 aromatic rings. The summed E-state index contributed by atoms with van der Waals surface area (Å²) in [4.78, 5) is 28.6. The van der Waals surface area contributed by atoms with E-state index < -0.39 is 0 Å². The largest absolute Gasteiger partial charge is 0.347 e. The van der Waals surface area contributed by atoms with Gasteiger partial charge in [0.15, 0.2) is 0 Å². The molecular formula is C23H30ClN5O. The third-order valence-corrected chi connectivity index (χ3v) is 6.33. The maximum absolute atomic E-state index is 12.9. The standard InChI is InChI=1S/C23H30ClN5O/c1-27(2)23-25-14-20(17-7-9-19(24)10-8-17)22(26-23)18-6-5-13-29(15-18)21(30)16-28-11-3-4-12-28/h7-10,14,18H,3-6,11-13,15-16H2,1-2H3. The maximum Gasteiger partial charge on any atom is 0.236 e. The van der Waals surface area contributed by atoms with E-state index in [9.17, 15) is 4.79 Å². The Labute approximate surface area is 183 Å². The van der Waals surface area contributed by atoms with E-state index >= 15 is 0 Å². The minimum atomic E-state index is 0.202. The molecule has 3 heterocycles. The molecule has 6 nitrogen and oxygen atoms in total. The van der Waals surface area contributed by atoms with Crippen molar-refractivity contribution in [3.05, 3.63) is 41.2 Å². The van der Waals surface area contributed by atoms with E-state index in [0.29, 0.717) is 17.5 Å². The molecule has 4 rings (SSSR count). The van der Waals surface area contributed by atoms with Crippen LogP contribution in [0.5, 0.6) is 0 Å². The quantitative estimate of drug-likeness (QED) is 0.728. The highest BCUT2D eigenvalue weighted by Crippen LogP contribution is 2.34. The molecule has 1 aromatic carbocycles. The first-order valence-electron chi connectivity index (χ1n) is 10.8. The summed E-state index contributed by atoms with van der Waals surface area (Å²) >= 11 is 6.09. The van der Waals surface area contributed by atoms with Crippen LogP contribution in [0.1, 0.15) is 37.3 Å². The molecule has 2 fully saturated rings. The first-order valence-corrected chi connectivity index (χ1v) is 11.2. The van der Waals surface area contributed by atoms with Gasteiger partial charge in [0.1, 0.15) is 0 Å². The van der Waals surface area contributed by atoms with Crippen molar-refractivity contribution >= 4 is 23.5 Å². The summed E-state index contributed by atoms with van der Waals surface area (Å²) in [5.74, 6) is 1.15. The van der Waals surface area contributed by atoms with Crippen molar-refractivity contribution in [2.45, 2.75) is 31.6 Å². The van der Waals surface area contributed by atoms with Gasteiger partial charge in [-0.2, -0.15) is 0 Å². The highest BCUT2D eigenvalue weighted by atomic mass is 35.5. The van der Waals surface area contributed by atoms with E-state index in [1.807, 2.05) is 54.4 Å². The molecule has 7 heteroatoms. The van der Waals surface area contributed by atoms with Crippen LogP contribution < -0.4 is 4.90 Å².